The van der Waals surface area contributed by atoms with E-state index in [9.17, 15) is 50.8 Å². The van der Waals surface area contributed by atoms with Gasteiger partial charge in [-0.3, -0.25) is 4.79 Å². The van der Waals surface area contributed by atoms with Crippen molar-refractivity contribution in [3.63, 3.8) is 0 Å². The normalized spacial score (nSPS) is 41.2. The maximum absolute atomic E-state index is 11.2. The van der Waals surface area contributed by atoms with E-state index >= 15 is 0 Å². The standard InChI is InChI=1S/C30H55NO17/c1-14(8-6-4-5-7-9-18(34)42-3)31-10-11-43-30-27(48-28-24(40)22(38)19(35)15(2)44-28)26(21(37)17(13-33)46-30)47-29-25(41)23(39)20(36)16(12-32)45-29/h14-17,19-33,35-41H,4-13H2,1-3H3/t14?,15-,16+,17+,19+,20-,21-,22+,23-,24-,25+,26-,27+,28-,29+,30+/m0/s1. The van der Waals surface area contributed by atoms with Crippen molar-refractivity contribution in [1.29, 1.82) is 0 Å². The van der Waals surface area contributed by atoms with Crippen LogP contribution >= 0.6 is 0 Å². The molecule has 18 heteroatoms. The summed E-state index contributed by atoms with van der Waals surface area (Å²) in [5.74, 6) is -0.223. The molecule has 3 aliphatic rings. The smallest absolute Gasteiger partial charge is 0.305 e. The van der Waals surface area contributed by atoms with Gasteiger partial charge in [0, 0.05) is 19.0 Å². The predicted molar refractivity (Wildman–Crippen MR) is 161 cm³/mol. The van der Waals surface area contributed by atoms with Crippen LogP contribution in [0.5, 0.6) is 0 Å². The fourth-order valence-corrected chi connectivity index (χ4v) is 5.85. The zero-order valence-electron chi connectivity index (χ0n) is 27.6. The molecule has 0 aromatic carbocycles. The van der Waals surface area contributed by atoms with E-state index in [1.54, 1.807) is 0 Å². The Morgan fingerprint density at radius 1 is 0.708 bits per heavy atom. The summed E-state index contributed by atoms with van der Waals surface area (Å²) >= 11 is 0. The molecule has 18 nitrogen and oxygen atoms in total. The van der Waals surface area contributed by atoms with Gasteiger partial charge in [0.05, 0.1) is 33.0 Å². The molecule has 0 aliphatic carbocycles. The van der Waals surface area contributed by atoms with Crippen LogP contribution in [0.3, 0.4) is 0 Å². The Bertz CT molecular complexity index is 934. The van der Waals surface area contributed by atoms with E-state index in [1.165, 1.54) is 14.0 Å². The molecule has 3 aliphatic heterocycles. The Morgan fingerprint density at radius 3 is 1.92 bits per heavy atom. The van der Waals surface area contributed by atoms with Gasteiger partial charge in [0.1, 0.15) is 67.1 Å². The quantitative estimate of drug-likeness (QED) is 0.0481. The minimum atomic E-state index is -1.85. The van der Waals surface area contributed by atoms with E-state index in [0.717, 1.165) is 32.1 Å². The number of aliphatic hydroxyl groups excluding tert-OH is 9. The Hall–Kier alpha value is -1.17. The van der Waals surface area contributed by atoms with Crippen LogP contribution in [0.4, 0.5) is 0 Å². The van der Waals surface area contributed by atoms with Crippen molar-refractivity contribution in [2.75, 3.05) is 33.5 Å². The van der Waals surface area contributed by atoms with Crippen molar-refractivity contribution < 1.29 is 83.9 Å². The fourth-order valence-electron chi connectivity index (χ4n) is 5.85. The highest BCUT2D eigenvalue weighted by Gasteiger charge is 2.54. The molecule has 1 unspecified atom stereocenters. The number of hydrogen-bond acceptors (Lipinski definition) is 18. The van der Waals surface area contributed by atoms with Crippen molar-refractivity contribution in [3.8, 4) is 0 Å². The van der Waals surface area contributed by atoms with Gasteiger partial charge in [0.15, 0.2) is 18.9 Å². The first-order chi connectivity index (χ1) is 22.8. The molecule has 16 atom stereocenters. The Balaban J connectivity index is 1.69. The lowest BCUT2D eigenvalue weighted by Crippen LogP contribution is -2.67. The summed E-state index contributed by atoms with van der Waals surface area (Å²) in [6.45, 7) is 2.36. The fraction of sp³-hybridized carbons (Fsp3) is 0.967. The molecule has 0 radical (unpaired) electrons. The first-order valence-corrected chi connectivity index (χ1v) is 16.5. The van der Waals surface area contributed by atoms with Crippen LogP contribution in [0.25, 0.3) is 0 Å². The first-order valence-electron chi connectivity index (χ1n) is 16.5. The number of hydrogen-bond donors (Lipinski definition) is 10. The van der Waals surface area contributed by atoms with E-state index in [2.05, 4.69) is 10.1 Å². The molecule has 0 aromatic rings. The maximum atomic E-state index is 11.2. The molecular weight excluding hydrogens is 646 g/mol. The molecule has 10 N–H and O–H groups in total. The molecule has 3 saturated heterocycles. The van der Waals surface area contributed by atoms with Gasteiger partial charge >= 0.3 is 5.97 Å². The largest absolute Gasteiger partial charge is 0.469 e. The molecule has 0 amide bonds. The van der Waals surface area contributed by atoms with E-state index in [0.29, 0.717) is 13.0 Å². The summed E-state index contributed by atoms with van der Waals surface area (Å²) in [4.78, 5) is 11.2. The van der Waals surface area contributed by atoms with Gasteiger partial charge in [-0.25, -0.2) is 0 Å². The zero-order chi connectivity index (χ0) is 35.5. The van der Waals surface area contributed by atoms with E-state index in [1.807, 2.05) is 6.92 Å². The molecule has 3 rings (SSSR count). The summed E-state index contributed by atoms with van der Waals surface area (Å²) in [5, 5.41) is 96.3. The number of methoxy groups -OCH3 is 1. The molecule has 0 spiro atoms. The van der Waals surface area contributed by atoms with E-state index in [4.69, 9.17) is 28.4 Å². The SMILES string of the molecule is COC(=O)CCCCCCC(C)NCCO[C@@H]1O[C@H](CO)[C@H](O)[C@H](O[C@H]2O[C@H](CO)[C@H](O)[C@H](O)[C@H]2O)[C@H]1O[C@@H]1O[C@@H](C)[C@@H](O)[C@@H](O)[C@@H]1O. The second-order valence-corrected chi connectivity index (χ2v) is 12.6. The third kappa shape index (κ3) is 10.9. The summed E-state index contributed by atoms with van der Waals surface area (Å²) in [6, 6.07) is 0.114. The summed E-state index contributed by atoms with van der Waals surface area (Å²) < 4.78 is 39.3. The van der Waals surface area contributed by atoms with Gasteiger partial charge in [0.25, 0.3) is 0 Å². The van der Waals surface area contributed by atoms with Gasteiger partial charge in [-0.2, -0.15) is 0 Å². The number of rotatable bonds is 18. The Morgan fingerprint density at radius 2 is 1.27 bits per heavy atom. The molecule has 3 heterocycles. The molecule has 0 bridgehead atoms. The summed E-state index contributed by atoms with van der Waals surface area (Å²) in [7, 11) is 1.37. The average Bonchev–Trinajstić information content (AvgIpc) is 3.07. The van der Waals surface area contributed by atoms with Crippen molar-refractivity contribution in [2.24, 2.45) is 0 Å². The Kier molecular flexibility index (Phi) is 17.2. The van der Waals surface area contributed by atoms with E-state index < -0.39 is 105 Å². The van der Waals surface area contributed by atoms with Crippen LogP contribution in [0.15, 0.2) is 0 Å². The second-order valence-electron chi connectivity index (χ2n) is 12.6. The monoisotopic (exact) mass is 701 g/mol. The number of aliphatic hydroxyl groups is 9. The van der Waals surface area contributed by atoms with Crippen molar-refractivity contribution in [3.05, 3.63) is 0 Å². The number of unbranched alkanes of at least 4 members (excludes halogenated alkanes) is 3. The lowest BCUT2D eigenvalue weighted by Gasteiger charge is -2.48. The summed E-state index contributed by atoms with van der Waals surface area (Å²) in [6.07, 6.45) is -18.5. The predicted octanol–water partition coefficient (Wildman–Crippen LogP) is -4.03. The summed E-state index contributed by atoms with van der Waals surface area (Å²) in [5.41, 5.74) is 0. The molecule has 3 fully saturated rings. The van der Waals surface area contributed by atoms with Gasteiger partial charge in [-0.15, -0.1) is 0 Å². The van der Waals surface area contributed by atoms with Gasteiger partial charge in [0.2, 0.25) is 0 Å². The topological polar surface area (TPSA) is 276 Å². The highest BCUT2D eigenvalue weighted by atomic mass is 16.8. The third-order valence-electron chi connectivity index (χ3n) is 8.91. The van der Waals surface area contributed by atoms with E-state index in [-0.39, 0.29) is 18.6 Å². The van der Waals surface area contributed by atoms with Crippen LogP contribution in [-0.4, -0.2) is 184 Å². The molecule has 48 heavy (non-hydrogen) atoms. The molecular formula is C30H55NO17. The number of nitrogens with one attached hydrogen (secondary N) is 1. The lowest BCUT2D eigenvalue weighted by molar-refractivity contribution is -0.390. The minimum Gasteiger partial charge on any atom is -0.469 e. The highest BCUT2D eigenvalue weighted by Crippen LogP contribution is 2.33. The van der Waals surface area contributed by atoms with Crippen molar-refractivity contribution >= 4 is 5.97 Å². The Labute approximate surface area is 279 Å². The highest BCUT2D eigenvalue weighted by molar-refractivity contribution is 5.68. The number of esters is 1. The van der Waals surface area contributed by atoms with Crippen molar-refractivity contribution in [1.82, 2.24) is 5.32 Å². The number of ether oxygens (including phenoxy) is 7. The second kappa shape index (κ2) is 20.0. The van der Waals surface area contributed by atoms with Crippen LogP contribution in [-0.2, 0) is 38.0 Å². The first kappa shape index (κ1) is 41.3. The third-order valence-corrected chi connectivity index (χ3v) is 8.91. The number of carbonyl (C=O) groups is 1. The lowest BCUT2D eigenvalue weighted by atomic mass is 9.96. The van der Waals surface area contributed by atoms with Crippen LogP contribution in [0.1, 0.15) is 52.4 Å². The van der Waals surface area contributed by atoms with Crippen LogP contribution in [0.2, 0.25) is 0 Å². The number of carbonyl (C=O) groups excluding carboxylic acids is 1. The molecule has 0 saturated carbocycles. The zero-order valence-corrected chi connectivity index (χ0v) is 27.6. The van der Waals surface area contributed by atoms with Gasteiger partial charge < -0.3 is 84.4 Å². The van der Waals surface area contributed by atoms with Crippen LogP contribution in [0, 0.1) is 0 Å². The van der Waals surface area contributed by atoms with Crippen molar-refractivity contribution in [2.45, 2.75) is 151 Å². The molecule has 0 aromatic heterocycles. The maximum Gasteiger partial charge on any atom is 0.305 e. The average molecular weight is 702 g/mol. The van der Waals surface area contributed by atoms with Crippen LogP contribution < -0.4 is 5.32 Å². The van der Waals surface area contributed by atoms with Gasteiger partial charge in [-0.05, 0) is 26.7 Å². The molecule has 282 valence electrons. The minimum absolute atomic E-state index is 0.0286. The van der Waals surface area contributed by atoms with Gasteiger partial charge in [-0.1, -0.05) is 19.3 Å².